The summed E-state index contributed by atoms with van der Waals surface area (Å²) in [6.07, 6.45) is 7.76. The predicted octanol–water partition coefficient (Wildman–Crippen LogP) is 2.33. The Labute approximate surface area is 110 Å². The van der Waals surface area contributed by atoms with Crippen molar-refractivity contribution in [3.8, 4) is 11.1 Å². The molecule has 19 heavy (non-hydrogen) atoms. The predicted molar refractivity (Wildman–Crippen MR) is 72.0 cm³/mol. The highest BCUT2D eigenvalue weighted by Gasteiger charge is 2.11. The smallest absolute Gasteiger partial charge is 0.180 e. The largest absolute Gasteiger partial charge is 0.297 e. The van der Waals surface area contributed by atoms with Gasteiger partial charge in [0.15, 0.2) is 5.78 Å². The van der Waals surface area contributed by atoms with Crippen molar-refractivity contribution in [2.24, 2.45) is 7.05 Å². The number of hydrogen-bond acceptors (Lipinski definition) is 3. The van der Waals surface area contributed by atoms with Gasteiger partial charge in [0.05, 0.1) is 12.4 Å². The molecule has 0 amide bonds. The lowest BCUT2D eigenvalue weighted by molar-refractivity contribution is 0.0982. The van der Waals surface area contributed by atoms with Crippen LogP contribution in [0.25, 0.3) is 16.8 Å². The molecular weight excluding hydrogens is 240 g/mol. The zero-order valence-electron chi connectivity index (χ0n) is 10.9. The van der Waals surface area contributed by atoms with Crippen molar-refractivity contribution in [3.05, 3.63) is 42.6 Å². The average Bonchev–Trinajstić information content (AvgIpc) is 3.03. The second kappa shape index (κ2) is 4.35. The van der Waals surface area contributed by atoms with Crippen molar-refractivity contribution in [1.82, 2.24) is 19.2 Å². The molecule has 0 aliphatic rings. The van der Waals surface area contributed by atoms with E-state index in [0.717, 1.165) is 16.8 Å². The van der Waals surface area contributed by atoms with Crippen molar-refractivity contribution < 1.29 is 4.79 Å². The maximum absolute atomic E-state index is 11.8. The zero-order valence-corrected chi connectivity index (χ0v) is 10.9. The summed E-state index contributed by atoms with van der Waals surface area (Å²) in [5, 5.41) is 4.16. The van der Waals surface area contributed by atoms with Crippen molar-refractivity contribution in [1.29, 1.82) is 0 Å². The number of Topliss-reactive ketones (excluding diaryl/α,β-unsaturated/α-hetero) is 1. The molecule has 3 aromatic heterocycles. The number of fused-ring (bicyclic) bond motifs is 1. The second-order valence-corrected chi connectivity index (χ2v) is 4.47. The number of imidazole rings is 1. The lowest BCUT2D eigenvalue weighted by Crippen LogP contribution is -2.01. The molecule has 0 aliphatic carbocycles. The van der Waals surface area contributed by atoms with Crippen LogP contribution >= 0.6 is 0 Å². The number of pyridine rings is 1. The van der Waals surface area contributed by atoms with Crippen LogP contribution in [-0.4, -0.2) is 24.9 Å². The van der Waals surface area contributed by atoms with Crippen molar-refractivity contribution in [2.45, 2.75) is 13.3 Å². The summed E-state index contributed by atoms with van der Waals surface area (Å²) in [7, 11) is 1.88. The van der Waals surface area contributed by atoms with E-state index < -0.39 is 0 Å². The van der Waals surface area contributed by atoms with Crippen LogP contribution in [0, 0.1) is 0 Å². The standard InChI is InChI=1S/C14H14N4O/c1-3-13(19)12-8-15-14-6-10(4-5-18(12)14)11-7-16-17(2)9-11/h4-9H,3H2,1-2H3. The molecule has 0 unspecified atom stereocenters. The minimum Gasteiger partial charge on any atom is -0.297 e. The summed E-state index contributed by atoms with van der Waals surface area (Å²) in [5.41, 5.74) is 3.49. The highest BCUT2D eigenvalue weighted by atomic mass is 16.1. The van der Waals surface area contributed by atoms with E-state index in [2.05, 4.69) is 10.1 Å². The number of nitrogens with zero attached hydrogens (tertiary/aromatic N) is 4. The Morgan fingerprint density at radius 3 is 2.84 bits per heavy atom. The van der Waals surface area contributed by atoms with Crippen LogP contribution in [0.2, 0.25) is 0 Å². The quantitative estimate of drug-likeness (QED) is 0.674. The van der Waals surface area contributed by atoms with Crippen molar-refractivity contribution >= 4 is 11.4 Å². The summed E-state index contributed by atoms with van der Waals surface area (Å²) in [6, 6.07) is 3.93. The molecule has 0 spiro atoms. The maximum atomic E-state index is 11.8. The summed E-state index contributed by atoms with van der Waals surface area (Å²) >= 11 is 0. The third kappa shape index (κ3) is 1.93. The van der Waals surface area contributed by atoms with Gasteiger partial charge in [0.1, 0.15) is 11.3 Å². The molecule has 3 aromatic rings. The van der Waals surface area contributed by atoms with Gasteiger partial charge in [0, 0.05) is 31.4 Å². The molecule has 0 fully saturated rings. The molecule has 96 valence electrons. The maximum Gasteiger partial charge on any atom is 0.180 e. The summed E-state index contributed by atoms with van der Waals surface area (Å²) < 4.78 is 3.59. The molecule has 0 aromatic carbocycles. The number of aromatic nitrogens is 4. The van der Waals surface area contributed by atoms with Gasteiger partial charge in [0.25, 0.3) is 0 Å². The lowest BCUT2D eigenvalue weighted by Gasteiger charge is -2.01. The number of rotatable bonds is 3. The Hall–Kier alpha value is -2.43. The van der Waals surface area contributed by atoms with Gasteiger partial charge in [-0.05, 0) is 17.7 Å². The molecule has 0 saturated carbocycles. The van der Waals surface area contributed by atoms with E-state index in [1.165, 1.54) is 0 Å². The van der Waals surface area contributed by atoms with Gasteiger partial charge in [-0.1, -0.05) is 6.92 Å². The van der Waals surface area contributed by atoms with E-state index in [-0.39, 0.29) is 5.78 Å². The van der Waals surface area contributed by atoms with Crippen LogP contribution in [-0.2, 0) is 7.05 Å². The van der Waals surface area contributed by atoms with Crippen LogP contribution in [0.15, 0.2) is 36.9 Å². The fraction of sp³-hybridized carbons (Fsp3) is 0.214. The van der Waals surface area contributed by atoms with Crippen LogP contribution in [0.1, 0.15) is 23.8 Å². The zero-order chi connectivity index (χ0) is 13.4. The van der Waals surface area contributed by atoms with E-state index in [0.29, 0.717) is 12.1 Å². The molecule has 0 N–H and O–H groups in total. The van der Waals surface area contributed by atoms with Gasteiger partial charge in [0.2, 0.25) is 0 Å². The minimum absolute atomic E-state index is 0.0987. The average molecular weight is 254 g/mol. The van der Waals surface area contributed by atoms with Gasteiger partial charge in [-0.15, -0.1) is 0 Å². The van der Waals surface area contributed by atoms with Gasteiger partial charge >= 0.3 is 0 Å². The minimum atomic E-state index is 0.0987. The number of aryl methyl sites for hydroxylation is 1. The summed E-state index contributed by atoms with van der Waals surface area (Å²) in [6.45, 7) is 1.85. The number of carbonyl (C=O) groups is 1. The second-order valence-electron chi connectivity index (χ2n) is 4.47. The van der Waals surface area contributed by atoms with Crippen molar-refractivity contribution in [2.75, 3.05) is 0 Å². The Morgan fingerprint density at radius 1 is 1.32 bits per heavy atom. The van der Waals surface area contributed by atoms with Crippen LogP contribution < -0.4 is 0 Å². The Kier molecular flexibility index (Phi) is 2.67. The normalized spacial score (nSPS) is 11.1. The first kappa shape index (κ1) is 11.6. The fourth-order valence-electron chi connectivity index (χ4n) is 2.12. The van der Waals surface area contributed by atoms with E-state index in [9.17, 15) is 4.79 Å². The van der Waals surface area contributed by atoms with E-state index in [1.807, 2.05) is 49.1 Å². The third-order valence-electron chi connectivity index (χ3n) is 3.16. The molecule has 3 heterocycles. The molecule has 0 atom stereocenters. The summed E-state index contributed by atoms with van der Waals surface area (Å²) in [4.78, 5) is 16.1. The Balaban J connectivity index is 2.10. The van der Waals surface area contributed by atoms with E-state index >= 15 is 0 Å². The molecule has 0 aliphatic heterocycles. The first-order valence-electron chi connectivity index (χ1n) is 6.18. The Morgan fingerprint density at radius 2 is 2.16 bits per heavy atom. The lowest BCUT2D eigenvalue weighted by atomic mass is 10.1. The number of carbonyl (C=O) groups excluding carboxylic acids is 1. The van der Waals surface area contributed by atoms with Gasteiger partial charge in [-0.3, -0.25) is 13.9 Å². The molecular formula is C14H14N4O. The summed E-state index contributed by atoms with van der Waals surface area (Å²) in [5.74, 6) is 0.0987. The molecule has 3 rings (SSSR count). The molecule has 0 bridgehead atoms. The molecule has 0 saturated heterocycles. The number of hydrogen-bond donors (Lipinski definition) is 0. The first-order chi connectivity index (χ1) is 9.19. The van der Waals surface area contributed by atoms with E-state index in [4.69, 9.17) is 0 Å². The van der Waals surface area contributed by atoms with Gasteiger partial charge < -0.3 is 0 Å². The van der Waals surface area contributed by atoms with Crippen LogP contribution in [0.3, 0.4) is 0 Å². The highest BCUT2D eigenvalue weighted by Crippen LogP contribution is 2.20. The van der Waals surface area contributed by atoms with Crippen LogP contribution in [0.4, 0.5) is 0 Å². The highest BCUT2D eigenvalue weighted by molar-refractivity contribution is 5.95. The van der Waals surface area contributed by atoms with Crippen molar-refractivity contribution in [3.63, 3.8) is 0 Å². The van der Waals surface area contributed by atoms with Gasteiger partial charge in [-0.2, -0.15) is 5.10 Å². The van der Waals surface area contributed by atoms with Gasteiger partial charge in [-0.25, -0.2) is 4.98 Å². The number of ketones is 1. The third-order valence-corrected chi connectivity index (χ3v) is 3.16. The molecule has 0 radical (unpaired) electrons. The SMILES string of the molecule is CCC(=O)c1cnc2cc(-c3cnn(C)c3)ccn12. The fourth-order valence-corrected chi connectivity index (χ4v) is 2.12. The monoisotopic (exact) mass is 254 g/mol. The topological polar surface area (TPSA) is 52.2 Å². The molecule has 5 heteroatoms. The Bertz CT molecular complexity index is 754. The van der Waals surface area contributed by atoms with Crippen LogP contribution in [0.5, 0.6) is 0 Å². The molecule has 5 nitrogen and oxygen atoms in total. The first-order valence-corrected chi connectivity index (χ1v) is 6.18. The van der Waals surface area contributed by atoms with E-state index in [1.54, 1.807) is 10.9 Å².